The van der Waals surface area contributed by atoms with E-state index < -0.39 is 124 Å². The van der Waals surface area contributed by atoms with Gasteiger partial charge in [-0.15, -0.1) is 0 Å². The van der Waals surface area contributed by atoms with Gasteiger partial charge in [0.15, 0.2) is 25.2 Å². The number of rotatable bonds is 8. The molecule has 0 aromatic carbocycles. The molecule has 0 amide bonds. The number of aliphatic hydroxyl groups is 10. The van der Waals surface area contributed by atoms with Crippen LogP contribution in [0.15, 0.2) is 13.2 Å². The molecule has 0 spiro atoms. The Morgan fingerprint density at radius 3 is 1.27 bits per heavy atom. The summed E-state index contributed by atoms with van der Waals surface area (Å²) < 4.78 is 44.3. The van der Waals surface area contributed by atoms with E-state index in [1.807, 2.05) is 11.8 Å². The van der Waals surface area contributed by atoms with Crippen LogP contribution < -0.4 is 10.6 Å². The molecule has 2 radical (unpaired) electrons. The smallest absolute Gasteiger partial charge is 0.186 e. The second kappa shape index (κ2) is 30.3. The zero-order chi connectivity index (χ0) is 45.7. The molecule has 0 aromatic heterocycles. The van der Waals surface area contributed by atoms with Gasteiger partial charge in [-0.3, -0.25) is 13.2 Å². The van der Waals surface area contributed by atoms with Crippen molar-refractivity contribution in [2.24, 2.45) is 11.8 Å². The van der Waals surface area contributed by atoms with Gasteiger partial charge in [0.1, 0.15) is 61.0 Å². The fraction of sp³-hybridized carbons (Fsp3) is 0.825. The van der Waals surface area contributed by atoms with E-state index >= 15 is 0 Å². The van der Waals surface area contributed by atoms with Crippen LogP contribution in [0.3, 0.4) is 0 Å². The third-order valence-electron chi connectivity index (χ3n) is 11.6. The monoisotopic (exact) mass is 1090 g/mol. The van der Waals surface area contributed by atoms with Gasteiger partial charge in [-0.1, -0.05) is 37.3 Å². The second-order valence-electron chi connectivity index (χ2n) is 15.8. The summed E-state index contributed by atoms with van der Waals surface area (Å²) in [5.74, 6) is -0.703. The number of hydrogen-bond donors (Lipinski definition) is 12. The molecule has 12 unspecified atom stereocenters. The van der Waals surface area contributed by atoms with Gasteiger partial charge < -0.3 is 131 Å². The molecule has 0 saturated carbocycles. The summed E-state index contributed by atoms with van der Waals surface area (Å²) in [5.41, 5.74) is 0. The SMILES string of the molecule is C=[C-]NCN(CN[C-]=C)C(C)=S.[CH2-]C1O[C@@H]2OC3C(CO)O[C@H](OCCCCC1[C@H](O)C2O)C(O)[C@H]3O.[CH2-]C1O[C@@H]2OC3C(CO)O[C@H](OCCCCC1[C@H](O)C2O)C(O)[C@H]3O.[Y].[Y]. The van der Waals surface area contributed by atoms with Gasteiger partial charge in [0, 0.05) is 78.6 Å². The molecule has 0 aromatic rings. The molecule has 12 rings (SSSR count). The fourth-order valence-electron chi connectivity index (χ4n) is 7.89. The third kappa shape index (κ3) is 16.3. The summed E-state index contributed by atoms with van der Waals surface area (Å²) in [6.45, 7) is 17.2. The minimum Gasteiger partial charge on any atom is -0.552 e. The minimum absolute atomic E-state index is 0. The molecule has 0 aliphatic carbocycles. The average Bonchev–Trinajstić information content (AvgIpc) is 3.25. The number of nitrogens with one attached hydrogen (secondary N) is 2. The number of thiocarbonyl (C=S) groups is 1. The Bertz CT molecular complexity index is 1270. The van der Waals surface area contributed by atoms with Crippen LogP contribution in [-0.4, -0.2) is 211 Å². The van der Waals surface area contributed by atoms with Crippen LogP contribution in [0, 0.1) is 38.1 Å². The summed E-state index contributed by atoms with van der Waals surface area (Å²) in [6.07, 6.45) is -11.8. The minimum atomic E-state index is -1.42. The Labute approximate surface area is 430 Å². The molecule has 12 saturated heterocycles. The Hall–Kier alpha value is 0.458. The molecule has 12 heterocycles. The van der Waals surface area contributed by atoms with Gasteiger partial charge >= 0.3 is 0 Å². The van der Waals surface area contributed by atoms with Gasteiger partial charge in [-0.25, -0.2) is 0 Å². The predicted octanol–water partition coefficient (Wildman–Crippen LogP) is -3.57. The molecule has 8 bridgehead atoms. The van der Waals surface area contributed by atoms with Crippen molar-refractivity contribution < 1.29 is 154 Å². The van der Waals surface area contributed by atoms with Crippen molar-refractivity contribution in [3.05, 3.63) is 39.4 Å². The summed E-state index contributed by atoms with van der Waals surface area (Å²) in [7, 11) is 0. The molecule has 24 heteroatoms. The standard InChI is InChI=1S/2C16H27O9.C8H13N3S.2Y/c2*1-7-8-4-2-3-5-22-15-13(21)11(19)14(9(6-17)24-15)25-16(23-7)12(20)10(8)18;1-4-9-6-11(8(3)12)7-10-5-2;;/h2*7-21H,1-6H2;9-10H,1-2,6-7H2,3H3;;/q2*-1;-2;;/t2*7?,8?,9?,10-,11+,12?,13?,14?,15-,16+;;;/m00.../s1. The van der Waals surface area contributed by atoms with Crippen LogP contribution in [0.2, 0.25) is 0 Å². The van der Waals surface area contributed by atoms with Gasteiger partial charge in [-0.05, 0) is 44.4 Å². The van der Waals surface area contributed by atoms with E-state index in [4.69, 9.17) is 50.1 Å². The van der Waals surface area contributed by atoms with Gasteiger partial charge in [0.2, 0.25) is 0 Å². The molecule has 21 nitrogen and oxygen atoms in total. The first-order valence-corrected chi connectivity index (χ1v) is 21.2. The normalized spacial score (nSPS) is 42.3. The van der Waals surface area contributed by atoms with Crippen LogP contribution in [0.4, 0.5) is 0 Å². The van der Waals surface area contributed by atoms with E-state index in [0.29, 0.717) is 51.9 Å². The molecule has 12 aliphatic heterocycles. The van der Waals surface area contributed by atoms with Crippen molar-refractivity contribution in [1.29, 1.82) is 0 Å². The predicted molar refractivity (Wildman–Crippen MR) is 218 cm³/mol. The average molecular weight is 1090 g/mol. The summed E-state index contributed by atoms with van der Waals surface area (Å²) in [4.78, 5) is 2.69. The van der Waals surface area contributed by atoms with Crippen molar-refractivity contribution in [3.8, 4) is 0 Å². The van der Waals surface area contributed by atoms with Crippen LogP contribution >= 0.6 is 12.2 Å². The van der Waals surface area contributed by atoms with Crippen LogP contribution in [0.1, 0.15) is 45.4 Å². The van der Waals surface area contributed by atoms with E-state index in [1.165, 1.54) is 0 Å². The van der Waals surface area contributed by atoms with Crippen molar-refractivity contribution in [1.82, 2.24) is 15.5 Å². The molecule has 64 heavy (non-hydrogen) atoms. The number of aliphatic hydroxyl groups excluding tert-OH is 10. The van der Waals surface area contributed by atoms with E-state index in [-0.39, 0.29) is 90.5 Å². The van der Waals surface area contributed by atoms with Gasteiger partial charge in [0.05, 0.1) is 43.7 Å². The molecule has 366 valence electrons. The van der Waals surface area contributed by atoms with E-state index in [2.05, 4.69) is 50.0 Å². The zero-order valence-corrected chi connectivity index (χ0v) is 42.6. The van der Waals surface area contributed by atoms with Gasteiger partial charge in [0.25, 0.3) is 0 Å². The molecule has 20 atom stereocenters. The Morgan fingerprint density at radius 1 is 0.578 bits per heavy atom. The van der Waals surface area contributed by atoms with Crippen LogP contribution in [-0.2, 0) is 103 Å². The zero-order valence-electron chi connectivity index (χ0n) is 36.1. The Kier molecular flexibility index (Phi) is 28.6. The number of ether oxygens (including phenoxy) is 8. The van der Waals surface area contributed by atoms with Crippen molar-refractivity contribution >= 4 is 17.2 Å². The summed E-state index contributed by atoms with van der Waals surface area (Å²) in [6, 6.07) is 0. The fourth-order valence-corrected chi connectivity index (χ4v) is 8.01. The molecular formula is C40H67N3O18SY2-4. The maximum Gasteiger partial charge on any atom is 0.186 e. The van der Waals surface area contributed by atoms with Gasteiger partial charge in [-0.2, -0.15) is 0 Å². The number of hydrogen-bond acceptors (Lipinski definition) is 21. The number of nitrogens with zero attached hydrogens (tertiary/aromatic N) is 1. The largest absolute Gasteiger partial charge is 0.552 e. The van der Waals surface area contributed by atoms with E-state index in [1.54, 1.807) is 0 Å². The Morgan fingerprint density at radius 2 is 0.938 bits per heavy atom. The molecule has 12 aliphatic rings. The Balaban J connectivity index is 0.000000346. The molecule has 12 fully saturated rings. The van der Waals surface area contributed by atoms with Crippen molar-refractivity contribution in [2.75, 3.05) is 39.8 Å². The summed E-state index contributed by atoms with van der Waals surface area (Å²) in [5, 5.41) is 107. The maximum absolute atomic E-state index is 10.4. The topological polar surface area (TPSA) is 303 Å². The first-order valence-electron chi connectivity index (χ1n) is 20.8. The van der Waals surface area contributed by atoms with Crippen LogP contribution in [0.5, 0.6) is 0 Å². The van der Waals surface area contributed by atoms with Crippen molar-refractivity contribution in [3.63, 3.8) is 0 Å². The second-order valence-corrected chi connectivity index (χ2v) is 16.4. The third-order valence-corrected chi connectivity index (χ3v) is 11.9. The maximum atomic E-state index is 10.4. The van der Waals surface area contributed by atoms with E-state index in [0.717, 1.165) is 4.99 Å². The first-order chi connectivity index (χ1) is 29.6. The first kappa shape index (κ1) is 60.6. The van der Waals surface area contributed by atoms with Crippen LogP contribution in [0.25, 0.3) is 0 Å². The molecule has 12 N–H and O–H groups in total. The van der Waals surface area contributed by atoms with Crippen molar-refractivity contribution in [2.45, 2.75) is 156 Å². The quantitative estimate of drug-likeness (QED) is 0.0485. The summed E-state index contributed by atoms with van der Waals surface area (Å²) >= 11 is 4.99. The molecular weight excluding hydrogens is 1020 g/mol. The van der Waals surface area contributed by atoms with E-state index in [9.17, 15) is 51.1 Å².